The lowest BCUT2D eigenvalue weighted by atomic mass is 9.99. The summed E-state index contributed by atoms with van der Waals surface area (Å²) >= 11 is 0. The summed E-state index contributed by atoms with van der Waals surface area (Å²) in [6, 6.07) is 13.3. The number of Topliss-reactive ketones (excluding diaryl/α,β-unsaturated/α-hetero) is 2. The molecule has 47 heavy (non-hydrogen) atoms. The first kappa shape index (κ1) is 39.1. The molecule has 14 N–H and O–H groups in total. The van der Waals surface area contributed by atoms with E-state index in [2.05, 4.69) is 26.8 Å². The molecule has 2 rings (SSSR count). The van der Waals surface area contributed by atoms with Crippen LogP contribution in [0.1, 0.15) is 62.6 Å². The third-order valence-electron chi connectivity index (χ3n) is 7.52. The van der Waals surface area contributed by atoms with Crippen molar-refractivity contribution in [3.63, 3.8) is 0 Å². The minimum absolute atomic E-state index is 0.0433. The van der Waals surface area contributed by atoms with Crippen molar-refractivity contribution in [2.45, 2.75) is 83.3 Å². The van der Waals surface area contributed by atoms with E-state index in [0.29, 0.717) is 44.3 Å². The number of nitrogen functional groups attached to an aromatic ring is 1. The molecule has 2 aromatic carbocycles. The average molecular weight is 653 g/mol. The fourth-order valence-corrected chi connectivity index (χ4v) is 4.77. The van der Waals surface area contributed by atoms with Gasteiger partial charge >= 0.3 is 0 Å². The van der Waals surface area contributed by atoms with Gasteiger partial charge in [0.05, 0.1) is 6.04 Å². The number of carbonyl (C=O) groups excluding carboxylic acids is 4. The molecule has 0 fully saturated rings. The standard InChI is InChI=1S/C33H52N10O4/c1-21(2)28(43-42-25(12-8-18-39-33(37)38)29(45)27(44)19-22-9-4-3-5-10-22)32(47)41-26(11-6-7-17-34)31(46)40-20-23-13-15-24(16-14-23)30(35)36/h3-5,9-10,13-16,21,25-26,28,33,39,42-43H,6-8,11-12,17-20,34,37-38H2,1-2H3,(H3,35,36)(H,40,46)(H,41,47)/t25-,26-,28-/m0/s1. The lowest BCUT2D eigenvalue weighted by molar-refractivity contribution is -0.138. The number of hydrogen-bond acceptors (Lipinski definition) is 11. The monoisotopic (exact) mass is 652 g/mol. The van der Waals surface area contributed by atoms with Crippen LogP contribution in [0.4, 0.5) is 0 Å². The van der Waals surface area contributed by atoms with Crippen LogP contribution in [0, 0.1) is 11.3 Å². The SMILES string of the molecule is CC(C)[C@H](NN[C@@H](CCCNC(N)N)C(=O)C(=O)Cc1ccccc1)C(=O)N[C@@H](CCCCN)C(=O)NCc1ccc(C(=N)N)cc1. The Kier molecular flexibility index (Phi) is 17.4. The zero-order valence-corrected chi connectivity index (χ0v) is 27.4. The van der Waals surface area contributed by atoms with Crippen LogP contribution >= 0.6 is 0 Å². The van der Waals surface area contributed by atoms with Crippen LogP contribution in [0.25, 0.3) is 0 Å². The summed E-state index contributed by atoms with van der Waals surface area (Å²) in [4.78, 5) is 53.0. The van der Waals surface area contributed by atoms with Crippen molar-refractivity contribution in [1.29, 1.82) is 5.41 Å². The van der Waals surface area contributed by atoms with Crippen LogP contribution in [0.3, 0.4) is 0 Å². The third-order valence-corrected chi connectivity index (χ3v) is 7.52. The summed E-state index contributed by atoms with van der Waals surface area (Å²) in [5.74, 6) is -2.26. The number of nitrogens with two attached hydrogens (primary N) is 4. The predicted octanol–water partition coefficient (Wildman–Crippen LogP) is -0.360. The topological polar surface area (TPSA) is 256 Å². The molecule has 0 heterocycles. The Morgan fingerprint density at radius 1 is 0.809 bits per heavy atom. The van der Waals surface area contributed by atoms with E-state index in [1.807, 2.05) is 19.9 Å². The van der Waals surface area contributed by atoms with E-state index in [-0.39, 0.29) is 37.0 Å². The molecule has 14 nitrogen and oxygen atoms in total. The number of rotatable bonds is 23. The van der Waals surface area contributed by atoms with E-state index in [1.165, 1.54) is 0 Å². The maximum Gasteiger partial charge on any atom is 0.242 e. The molecule has 0 aliphatic heterocycles. The van der Waals surface area contributed by atoms with Crippen LogP contribution in [-0.4, -0.2) is 66.7 Å². The Morgan fingerprint density at radius 3 is 2.06 bits per heavy atom. The number of benzene rings is 2. The molecule has 0 aliphatic carbocycles. The number of hydrazine groups is 1. The quantitative estimate of drug-likeness (QED) is 0.0185. The second-order valence-corrected chi connectivity index (χ2v) is 11.8. The first-order valence-corrected chi connectivity index (χ1v) is 16.0. The van der Waals surface area contributed by atoms with Crippen LogP contribution in [-0.2, 0) is 32.1 Å². The zero-order chi connectivity index (χ0) is 34.8. The van der Waals surface area contributed by atoms with Gasteiger partial charge in [-0.3, -0.25) is 29.9 Å². The van der Waals surface area contributed by atoms with E-state index in [1.54, 1.807) is 48.5 Å². The number of ketones is 2. The second-order valence-electron chi connectivity index (χ2n) is 11.8. The molecule has 2 aromatic rings. The number of carbonyl (C=O) groups is 4. The van der Waals surface area contributed by atoms with Crippen LogP contribution in [0.5, 0.6) is 0 Å². The van der Waals surface area contributed by atoms with Gasteiger partial charge in [-0.2, -0.15) is 0 Å². The number of unbranched alkanes of at least 4 members (excludes halogenated alkanes) is 1. The van der Waals surface area contributed by atoms with E-state index >= 15 is 0 Å². The minimum Gasteiger partial charge on any atom is -0.384 e. The van der Waals surface area contributed by atoms with Crippen LogP contribution < -0.4 is 49.7 Å². The number of amides is 2. The lowest BCUT2D eigenvalue weighted by Crippen LogP contribution is -2.60. The van der Waals surface area contributed by atoms with Gasteiger partial charge < -0.3 is 33.6 Å². The van der Waals surface area contributed by atoms with Crippen molar-refractivity contribution >= 4 is 29.2 Å². The molecule has 258 valence electrons. The Balaban J connectivity index is 2.11. The molecule has 0 aromatic heterocycles. The van der Waals surface area contributed by atoms with E-state index in [4.69, 9.17) is 28.3 Å². The van der Waals surface area contributed by atoms with Gasteiger partial charge in [0.2, 0.25) is 23.4 Å². The molecule has 0 saturated heterocycles. The summed E-state index contributed by atoms with van der Waals surface area (Å²) in [6.45, 7) is 4.76. The first-order valence-electron chi connectivity index (χ1n) is 16.0. The highest BCUT2D eigenvalue weighted by atomic mass is 16.2. The Hall–Kier alpha value is -4.05. The minimum atomic E-state index is -0.922. The van der Waals surface area contributed by atoms with Gasteiger partial charge in [-0.1, -0.05) is 68.4 Å². The molecular weight excluding hydrogens is 600 g/mol. The highest BCUT2D eigenvalue weighted by Crippen LogP contribution is 2.09. The summed E-state index contributed by atoms with van der Waals surface area (Å²) in [6.07, 6.45) is 1.68. The Morgan fingerprint density at radius 2 is 1.47 bits per heavy atom. The Labute approximate surface area is 277 Å². The first-order chi connectivity index (χ1) is 22.4. The van der Waals surface area contributed by atoms with Gasteiger partial charge in [-0.15, -0.1) is 0 Å². The van der Waals surface area contributed by atoms with Crippen molar-refractivity contribution in [3.05, 3.63) is 71.3 Å². The van der Waals surface area contributed by atoms with E-state index < -0.39 is 41.9 Å². The van der Waals surface area contributed by atoms with Crippen molar-refractivity contribution in [3.8, 4) is 0 Å². The van der Waals surface area contributed by atoms with Crippen molar-refractivity contribution in [1.82, 2.24) is 26.8 Å². The molecule has 0 aliphatic rings. The highest BCUT2D eigenvalue weighted by Gasteiger charge is 2.30. The number of hydrogen-bond donors (Lipinski definition) is 10. The summed E-state index contributed by atoms with van der Waals surface area (Å²) < 4.78 is 0. The van der Waals surface area contributed by atoms with Gasteiger partial charge in [-0.05, 0) is 62.2 Å². The van der Waals surface area contributed by atoms with Gasteiger partial charge in [0.25, 0.3) is 0 Å². The lowest BCUT2D eigenvalue weighted by Gasteiger charge is -2.27. The number of amidine groups is 1. The molecule has 0 spiro atoms. The largest absolute Gasteiger partial charge is 0.384 e. The fraction of sp³-hybridized carbons (Fsp3) is 0.485. The van der Waals surface area contributed by atoms with Crippen molar-refractivity contribution in [2.24, 2.45) is 28.9 Å². The van der Waals surface area contributed by atoms with Crippen LogP contribution in [0.15, 0.2) is 54.6 Å². The van der Waals surface area contributed by atoms with Gasteiger partial charge in [0.1, 0.15) is 24.2 Å². The molecule has 3 atom stereocenters. The fourth-order valence-electron chi connectivity index (χ4n) is 4.77. The molecule has 2 amide bonds. The number of nitrogens with one attached hydrogen (secondary N) is 6. The zero-order valence-electron chi connectivity index (χ0n) is 27.4. The predicted molar refractivity (Wildman–Crippen MR) is 182 cm³/mol. The molecule has 0 saturated carbocycles. The molecule has 0 unspecified atom stereocenters. The molecule has 0 radical (unpaired) electrons. The summed E-state index contributed by atoms with van der Waals surface area (Å²) in [7, 11) is 0. The smallest absolute Gasteiger partial charge is 0.242 e. The van der Waals surface area contributed by atoms with Gasteiger partial charge in [0.15, 0.2) is 0 Å². The Bertz CT molecular complexity index is 1290. The summed E-state index contributed by atoms with van der Waals surface area (Å²) in [5.41, 5.74) is 30.3. The van der Waals surface area contributed by atoms with Gasteiger partial charge in [-0.25, -0.2) is 10.9 Å². The second kappa shape index (κ2) is 20.9. The maximum atomic E-state index is 13.6. The average Bonchev–Trinajstić information content (AvgIpc) is 3.04. The van der Waals surface area contributed by atoms with Crippen molar-refractivity contribution < 1.29 is 19.2 Å². The normalized spacial score (nSPS) is 13.2. The highest BCUT2D eigenvalue weighted by molar-refractivity contribution is 6.39. The summed E-state index contributed by atoms with van der Waals surface area (Å²) in [5, 5.41) is 16.1. The van der Waals surface area contributed by atoms with Gasteiger partial charge in [0, 0.05) is 18.5 Å². The third kappa shape index (κ3) is 14.5. The molecule has 0 bridgehead atoms. The van der Waals surface area contributed by atoms with E-state index in [9.17, 15) is 19.2 Å². The molecule has 14 heteroatoms. The van der Waals surface area contributed by atoms with E-state index in [0.717, 1.165) is 11.1 Å². The van der Waals surface area contributed by atoms with Crippen molar-refractivity contribution in [2.75, 3.05) is 13.1 Å². The maximum absolute atomic E-state index is 13.6. The molecular formula is C33H52N10O4. The van der Waals surface area contributed by atoms with Crippen LogP contribution in [0.2, 0.25) is 0 Å².